The number of fused-ring (bicyclic) bond motifs is 1. The molecule has 0 saturated heterocycles. The quantitative estimate of drug-likeness (QED) is 0.316. The lowest BCUT2D eigenvalue weighted by molar-refractivity contribution is -0.137. The highest BCUT2D eigenvalue weighted by Gasteiger charge is 2.34. The molecule has 0 spiro atoms. The molecule has 1 aliphatic rings. The van der Waals surface area contributed by atoms with Crippen LogP contribution in [0.3, 0.4) is 0 Å². The summed E-state index contributed by atoms with van der Waals surface area (Å²) in [5.74, 6) is -2.21. The van der Waals surface area contributed by atoms with Gasteiger partial charge in [0.25, 0.3) is 5.91 Å². The van der Waals surface area contributed by atoms with E-state index in [0.29, 0.717) is 16.5 Å². The first-order valence-electron chi connectivity index (χ1n) is 12.2. The summed E-state index contributed by atoms with van der Waals surface area (Å²) < 4.78 is 15.5. The predicted molar refractivity (Wildman–Crippen MR) is 139 cm³/mol. The smallest absolute Gasteiger partial charge is 0.269 e. The molecule has 0 unspecified atom stereocenters. The average Bonchev–Trinajstić information content (AvgIpc) is 3.65. The van der Waals surface area contributed by atoms with Gasteiger partial charge in [0.05, 0.1) is 17.1 Å². The van der Waals surface area contributed by atoms with Crippen molar-refractivity contribution in [1.29, 1.82) is 0 Å². The van der Waals surface area contributed by atoms with E-state index in [-0.39, 0.29) is 73.0 Å². The van der Waals surface area contributed by atoms with Crippen LogP contribution in [0.15, 0.2) is 36.4 Å². The summed E-state index contributed by atoms with van der Waals surface area (Å²) in [6, 6.07) is 9.51. The molecule has 12 heteroatoms. The van der Waals surface area contributed by atoms with Crippen LogP contribution >= 0.6 is 11.6 Å². The number of nitrogens with two attached hydrogens (primary N) is 2. The summed E-state index contributed by atoms with van der Waals surface area (Å²) in [7, 11) is 0. The van der Waals surface area contributed by atoms with E-state index in [0.717, 1.165) is 12.8 Å². The Kier molecular flexibility index (Phi) is 8.38. The van der Waals surface area contributed by atoms with E-state index in [1.807, 2.05) is 0 Å². The number of ketones is 1. The van der Waals surface area contributed by atoms with Gasteiger partial charge in [-0.2, -0.15) is 5.10 Å². The summed E-state index contributed by atoms with van der Waals surface area (Å²) in [5, 5.41) is 7.28. The van der Waals surface area contributed by atoms with Gasteiger partial charge in [-0.15, -0.1) is 0 Å². The highest BCUT2D eigenvalue weighted by atomic mass is 35.5. The first kappa shape index (κ1) is 27.2. The maximum Gasteiger partial charge on any atom is 0.269 e. The number of primary amides is 1. The number of halogens is 2. The second-order valence-electron chi connectivity index (χ2n) is 9.22. The van der Waals surface area contributed by atoms with Gasteiger partial charge >= 0.3 is 0 Å². The van der Waals surface area contributed by atoms with Gasteiger partial charge in [0.1, 0.15) is 18.1 Å². The Morgan fingerprint density at radius 1 is 1.18 bits per heavy atom. The molecular weight excluding hydrogens is 515 g/mol. The molecule has 1 aliphatic carbocycles. The van der Waals surface area contributed by atoms with Gasteiger partial charge in [-0.1, -0.05) is 29.8 Å². The maximum atomic E-state index is 14.1. The fourth-order valence-corrected chi connectivity index (χ4v) is 4.43. The fraction of sp³-hybridized carbons (Fsp3) is 0.346. The van der Waals surface area contributed by atoms with Crippen molar-refractivity contribution in [2.75, 3.05) is 13.1 Å². The highest BCUT2D eigenvalue weighted by molar-refractivity contribution is 6.30. The van der Waals surface area contributed by atoms with Crippen LogP contribution in [0.4, 0.5) is 4.39 Å². The molecule has 10 nitrogen and oxygen atoms in total. The van der Waals surface area contributed by atoms with Crippen molar-refractivity contribution < 1.29 is 23.6 Å². The Labute approximate surface area is 223 Å². The molecule has 0 radical (unpaired) electrons. The van der Waals surface area contributed by atoms with Crippen LogP contribution < -0.4 is 16.8 Å². The molecule has 1 fully saturated rings. The van der Waals surface area contributed by atoms with Crippen molar-refractivity contribution in [3.8, 4) is 0 Å². The average molecular weight is 543 g/mol. The lowest BCUT2D eigenvalue weighted by atomic mass is 10.0. The predicted octanol–water partition coefficient (Wildman–Crippen LogP) is 1.70. The number of carbonyl (C=O) groups is 4. The third kappa shape index (κ3) is 6.35. The summed E-state index contributed by atoms with van der Waals surface area (Å²) in [6.07, 6.45) is 1.91. The first-order valence-corrected chi connectivity index (χ1v) is 12.6. The van der Waals surface area contributed by atoms with Crippen LogP contribution in [-0.2, 0) is 33.9 Å². The van der Waals surface area contributed by atoms with E-state index < -0.39 is 17.6 Å². The Morgan fingerprint density at radius 3 is 2.63 bits per heavy atom. The summed E-state index contributed by atoms with van der Waals surface area (Å²) >= 11 is 5.79. The minimum absolute atomic E-state index is 0.0137. The van der Waals surface area contributed by atoms with Crippen LogP contribution in [0.25, 0.3) is 10.9 Å². The number of hydrogen-bond donors (Lipinski definition) is 3. The van der Waals surface area contributed by atoms with Crippen molar-refractivity contribution in [3.63, 3.8) is 0 Å². The van der Waals surface area contributed by atoms with Crippen molar-refractivity contribution in [2.24, 2.45) is 11.5 Å². The number of rotatable bonds is 12. The lowest BCUT2D eigenvalue weighted by Crippen LogP contribution is -2.43. The number of Topliss-reactive ketones (excluding diaryl/α,β-unsaturated/α-hetero) is 1. The van der Waals surface area contributed by atoms with Gasteiger partial charge < -0.3 is 21.7 Å². The molecule has 3 amide bonds. The number of amides is 3. The standard InChI is InChI=1S/C26H28ClFN6O4/c27-20-3-1-2-16(24(20)28)12-31-22(36)13-33(17-5-6-17)23(37)14-34-21-7-4-15(10-18(35)8-9-29)11-19(21)25(32-34)26(30)38/h1-4,7,11,17H,5-6,8-10,12-14,29H2,(H2,30,38)(H,31,36). The highest BCUT2D eigenvalue weighted by Crippen LogP contribution is 2.28. The second kappa shape index (κ2) is 11.7. The minimum Gasteiger partial charge on any atom is -0.364 e. The van der Waals surface area contributed by atoms with Crippen LogP contribution in [0.5, 0.6) is 0 Å². The van der Waals surface area contributed by atoms with Crippen LogP contribution in [0, 0.1) is 5.82 Å². The molecule has 2 aromatic carbocycles. The maximum absolute atomic E-state index is 14.1. The van der Waals surface area contributed by atoms with Gasteiger partial charge in [0.2, 0.25) is 11.8 Å². The van der Waals surface area contributed by atoms with E-state index in [1.54, 1.807) is 24.3 Å². The van der Waals surface area contributed by atoms with E-state index >= 15 is 0 Å². The Hall–Kier alpha value is -3.83. The van der Waals surface area contributed by atoms with E-state index in [4.69, 9.17) is 23.1 Å². The van der Waals surface area contributed by atoms with E-state index in [1.165, 1.54) is 21.7 Å². The number of carbonyl (C=O) groups excluding carboxylic acids is 4. The van der Waals surface area contributed by atoms with Gasteiger partial charge in [0, 0.05) is 36.4 Å². The second-order valence-corrected chi connectivity index (χ2v) is 9.63. The first-order chi connectivity index (χ1) is 18.2. The molecule has 5 N–H and O–H groups in total. The van der Waals surface area contributed by atoms with Crippen LogP contribution in [-0.4, -0.2) is 57.3 Å². The zero-order valence-electron chi connectivity index (χ0n) is 20.6. The van der Waals surface area contributed by atoms with E-state index in [2.05, 4.69) is 10.4 Å². The van der Waals surface area contributed by atoms with Crippen molar-refractivity contribution >= 4 is 46.0 Å². The third-order valence-electron chi connectivity index (χ3n) is 6.29. The number of benzene rings is 2. The topological polar surface area (TPSA) is 153 Å². The molecule has 4 rings (SSSR count). The number of nitrogens with one attached hydrogen (secondary N) is 1. The van der Waals surface area contributed by atoms with Gasteiger partial charge in [-0.3, -0.25) is 23.9 Å². The van der Waals surface area contributed by atoms with E-state index in [9.17, 15) is 23.6 Å². The molecule has 3 aromatic rings. The zero-order chi connectivity index (χ0) is 27.4. The fourth-order valence-electron chi connectivity index (χ4n) is 4.23. The number of nitrogens with zero attached hydrogens (tertiary/aromatic N) is 3. The SMILES string of the molecule is NCCC(=O)Cc1ccc2c(c1)c(C(N)=O)nn2CC(=O)N(CC(=O)NCc1cccc(Cl)c1F)C1CC1. The minimum atomic E-state index is -0.765. The zero-order valence-corrected chi connectivity index (χ0v) is 21.3. The summed E-state index contributed by atoms with van der Waals surface area (Å²) in [5.41, 5.74) is 12.4. The molecular formula is C26H28ClFN6O4. The normalized spacial score (nSPS) is 12.9. The van der Waals surface area contributed by atoms with Crippen LogP contribution in [0.2, 0.25) is 5.02 Å². The molecule has 0 aliphatic heterocycles. The Morgan fingerprint density at radius 2 is 1.95 bits per heavy atom. The molecule has 1 saturated carbocycles. The number of hydrogen-bond acceptors (Lipinski definition) is 6. The number of aromatic nitrogens is 2. The molecule has 1 heterocycles. The Bertz CT molecular complexity index is 1400. The van der Waals surface area contributed by atoms with Gasteiger partial charge in [-0.05, 0) is 43.1 Å². The van der Waals surface area contributed by atoms with Crippen molar-refractivity contribution in [3.05, 3.63) is 64.1 Å². The van der Waals surface area contributed by atoms with Crippen molar-refractivity contribution in [2.45, 2.75) is 44.8 Å². The molecule has 0 atom stereocenters. The lowest BCUT2D eigenvalue weighted by Gasteiger charge is -2.22. The summed E-state index contributed by atoms with van der Waals surface area (Å²) in [6.45, 7) is -0.247. The van der Waals surface area contributed by atoms with Crippen LogP contribution in [0.1, 0.15) is 40.9 Å². The molecule has 200 valence electrons. The molecule has 0 bridgehead atoms. The van der Waals surface area contributed by atoms with Gasteiger partial charge in [0.15, 0.2) is 5.69 Å². The Balaban J connectivity index is 1.48. The molecule has 1 aromatic heterocycles. The summed E-state index contributed by atoms with van der Waals surface area (Å²) in [4.78, 5) is 51.4. The molecule has 38 heavy (non-hydrogen) atoms. The monoisotopic (exact) mass is 542 g/mol. The van der Waals surface area contributed by atoms with Gasteiger partial charge in [-0.25, -0.2) is 4.39 Å². The van der Waals surface area contributed by atoms with Crippen molar-refractivity contribution in [1.82, 2.24) is 20.0 Å². The largest absolute Gasteiger partial charge is 0.364 e. The third-order valence-corrected chi connectivity index (χ3v) is 6.58.